The Hall–Kier alpha value is -2.09. The van der Waals surface area contributed by atoms with Gasteiger partial charge in [-0.05, 0) is 68.2 Å². The standard InChI is InChI=1S/C21H21ClN2O3S2/c1-4-26-21(25)14(3)27-18-10-9-17(11-13(18)2)28-12-19-23-20(29-24-19)15-5-7-16(22)8-6-15/h5-11,14H,4,12H2,1-3H3. The van der Waals surface area contributed by atoms with E-state index in [1.165, 1.54) is 11.5 Å². The van der Waals surface area contributed by atoms with Gasteiger partial charge < -0.3 is 9.47 Å². The van der Waals surface area contributed by atoms with E-state index < -0.39 is 6.10 Å². The molecule has 3 aromatic rings. The number of aryl methyl sites for hydroxylation is 1. The quantitative estimate of drug-likeness (QED) is 0.321. The van der Waals surface area contributed by atoms with E-state index in [1.807, 2.05) is 49.4 Å². The number of halogens is 1. The van der Waals surface area contributed by atoms with Crippen molar-refractivity contribution in [1.29, 1.82) is 0 Å². The maximum atomic E-state index is 11.7. The second kappa shape index (κ2) is 10.1. The summed E-state index contributed by atoms with van der Waals surface area (Å²) in [5, 5.41) is 1.58. The Balaban J connectivity index is 1.59. The molecule has 1 atom stereocenters. The molecule has 0 bridgehead atoms. The first-order chi connectivity index (χ1) is 14.0. The lowest BCUT2D eigenvalue weighted by Gasteiger charge is -2.15. The number of nitrogens with zero attached hydrogens (tertiary/aromatic N) is 2. The van der Waals surface area contributed by atoms with E-state index in [9.17, 15) is 4.79 Å². The summed E-state index contributed by atoms with van der Waals surface area (Å²) in [7, 11) is 0. The van der Waals surface area contributed by atoms with Crippen molar-refractivity contribution < 1.29 is 14.3 Å². The van der Waals surface area contributed by atoms with Crippen LogP contribution in [0.3, 0.4) is 0 Å². The molecule has 152 valence electrons. The van der Waals surface area contributed by atoms with Crippen LogP contribution >= 0.6 is 34.9 Å². The van der Waals surface area contributed by atoms with E-state index in [0.717, 1.165) is 26.9 Å². The molecule has 0 saturated heterocycles. The van der Waals surface area contributed by atoms with Crippen molar-refractivity contribution in [2.45, 2.75) is 37.5 Å². The summed E-state index contributed by atoms with van der Waals surface area (Å²) in [5.74, 6) is 1.77. The summed E-state index contributed by atoms with van der Waals surface area (Å²) in [5.41, 5.74) is 1.97. The Bertz CT molecular complexity index is 976. The lowest BCUT2D eigenvalue weighted by atomic mass is 10.2. The number of hydrogen-bond donors (Lipinski definition) is 0. The smallest absolute Gasteiger partial charge is 0.347 e. The number of thioether (sulfide) groups is 1. The van der Waals surface area contributed by atoms with Gasteiger partial charge in [0.15, 0.2) is 11.9 Å². The van der Waals surface area contributed by atoms with Gasteiger partial charge in [-0.15, -0.1) is 11.8 Å². The number of hydrogen-bond acceptors (Lipinski definition) is 7. The molecule has 0 amide bonds. The fourth-order valence-corrected chi connectivity index (χ4v) is 4.25. The maximum absolute atomic E-state index is 11.7. The Labute approximate surface area is 183 Å². The van der Waals surface area contributed by atoms with Crippen LogP contribution in [0.2, 0.25) is 5.02 Å². The minimum Gasteiger partial charge on any atom is -0.479 e. The average Bonchev–Trinajstić information content (AvgIpc) is 3.18. The van der Waals surface area contributed by atoms with Crippen LogP contribution in [0.1, 0.15) is 25.2 Å². The van der Waals surface area contributed by atoms with Gasteiger partial charge in [0.1, 0.15) is 10.8 Å². The molecule has 0 fully saturated rings. The highest BCUT2D eigenvalue weighted by Gasteiger charge is 2.17. The van der Waals surface area contributed by atoms with Crippen LogP contribution in [-0.2, 0) is 15.3 Å². The highest BCUT2D eigenvalue weighted by atomic mass is 35.5. The van der Waals surface area contributed by atoms with Crippen LogP contribution in [-0.4, -0.2) is 28.0 Å². The highest BCUT2D eigenvalue weighted by Crippen LogP contribution is 2.30. The first-order valence-corrected chi connectivity index (χ1v) is 11.2. The number of ether oxygens (including phenoxy) is 2. The number of benzene rings is 2. The predicted molar refractivity (Wildman–Crippen MR) is 118 cm³/mol. The average molecular weight is 449 g/mol. The molecular weight excluding hydrogens is 428 g/mol. The van der Waals surface area contributed by atoms with Crippen LogP contribution < -0.4 is 4.74 Å². The van der Waals surface area contributed by atoms with E-state index in [1.54, 1.807) is 25.6 Å². The first-order valence-electron chi connectivity index (χ1n) is 9.11. The van der Waals surface area contributed by atoms with Crippen LogP contribution in [0, 0.1) is 6.92 Å². The molecule has 0 saturated carbocycles. The molecule has 0 N–H and O–H groups in total. The molecule has 0 radical (unpaired) electrons. The second-order valence-corrected chi connectivity index (χ2v) is 8.49. The summed E-state index contributed by atoms with van der Waals surface area (Å²) in [6, 6.07) is 13.5. The van der Waals surface area contributed by atoms with Gasteiger partial charge in [0.2, 0.25) is 0 Å². The van der Waals surface area contributed by atoms with Gasteiger partial charge in [-0.25, -0.2) is 9.78 Å². The number of aromatic nitrogens is 2. The van der Waals surface area contributed by atoms with Crippen molar-refractivity contribution in [3.63, 3.8) is 0 Å². The lowest BCUT2D eigenvalue weighted by Crippen LogP contribution is -2.26. The zero-order valence-electron chi connectivity index (χ0n) is 16.3. The lowest BCUT2D eigenvalue weighted by molar-refractivity contribution is -0.150. The van der Waals surface area contributed by atoms with Crippen molar-refractivity contribution in [2.75, 3.05) is 6.61 Å². The van der Waals surface area contributed by atoms with Crippen LogP contribution in [0.25, 0.3) is 10.6 Å². The number of carbonyl (C=O) groups excluding carboxylic acids is 1. The van der Waals surface area contributed by atoms with E-state index >= 15 is 0 Å². The third kappa shape index (κ3) is 5.95. The van der Waals surface area contributed by atoms with Gasteiger partial charge >= 0.3 is 5.97 Å². The van der Waals surface area contributed by atoms with E-state index in [4.69, 9.17) is 21.1 Å². The van der Waals surface area contributed by atoms with Crippen molar-refractivity contribution in [3.05, 3.63) is 58.9 Å². The van der Waals surface area contributed by atoms with Crippen molar-refractivity contribution >= 4 is 40.9 Å². The summed E-state index contributed by atoms with van der Waals surface area (Å²) in [6.45, 7) is 5.76. The SMILES string of the molecule is CCOC(=O)C(C)Oc1ccc(SCc2nsc(-c3ccc(Cl)cc3)n2)cc1C. The van der Waals surface area contributed by atoms with Gasteiger partial charge in [-0.3, -0.25) is 0 Å². The highest BCUT2D eigenvalue weighted by molar-refractivity contribution is 7.98. The number of esters is 1. The topological polar surface area (TPSA) is 61.3 Å². The van der Waals surface area contributed by atoms with Crippen molar-refractivity contribution in [3.8, 4) is 16.3 Å². The van der Waals surface area contributed by atoms with E-state index in [-0.39, 0.29) is 5.97 Å². The first kappa shape index (κ1) is 21.6. The summed E-state index contributed by atoms with van der Waals surface area (Å²) >= 11 is 8.97. The van der Waals surface area contributed by atoms with Gasteiger partial charge in [0, 0.05) is 15.5 Å². The minimum atomic E-state index is -0.641. The molecule has 29 heavy (non-hydrogen) atoms. The number of rotatable bonds is 8. The molecular formula is C21H21ClN2O3S2. The monoisotopic (exact) mass is 448 g/mol. The molecule has 5 nitrogen and oxygen atoms in total. The molecule has 0 spiro atoms. The summed E-state index contributed by atoms with van der Waals surface area (Å²) in [4.78, 5) is 17.4. The molecule has 1 heterocycles. The Morgan fingerprint density at radius 2 is 2.00 bits per heavy atom. The molecule has 0 aliphatic rings. The fraction of sp³-hybridized carbons (Fsp3) is 0.286. The zero-order chi connectivity index (χ0) is 20.8. The molecule has 1 aromatic heterocycles. The minimum absolute atomic E-state index is 0.339. The maximum Gasteiger partial charge on any atom is 0.347 e. The molecule has 1 unspecified atom stereocenters. The van der Waals surface area contributed by atoms with Crippen LogP contribution in [0.5, 0.6) is 5.75 Å². The third-order valence-corrected chi connectivity index (χ3v) is 6.04. The van der Waals surface area contributed by atoms with Crippen molar-refractivity contribution in [1.82, 2.24) is 9.36 Å². The van der Waals surface area contributed by atoms with Gasteiger partial charge in [-0.2, -0.15) is 4.37 Å². The zero-order valence-corrected chi connectivity index (χ0v) is 18.7. The van der Waals surface area contributed by atoms with Crippen molar-refractivity contribution in [2.24, 2.45) is 0 Å². The number of carbonyl (C=O) groups is 1. The summed E-state index contributed by atoms with van der Waals surface area (Å²) in [6.07, 6.45) is -0.641. The van der Waals surface area contributed by atoms with Crippen LogP contribution in [0.15, 0.2) is 47.4 Å². The second-order valence-electron chi connectivity index (χ2n) is 6.25. The molecule has 0 aliphatic carbocycles. The third-order valence-electron chi connectivity index (χ3n) is 4.00. The molecule has 8 heteroatoms. The Morgan fingerprint density at radius 3 is 2.69 bits per heavy atom. The summed E-state index contributed by atoms with van der Waals surface area (Å²) < 4.78 is 15.1. The Kier molecular flexibility index (Phi) is 7.52. The normalized spacial score (nSPS) is 11.9. The van der Waals surface area contributed by atoms with Crippen LogP contribution in [0.4, 0.5) is 0 Å². The van der Waals surface area contributed by atoms with Gasteiger partial charge in [0.05, 0.1) is 12.4 Å². The van der Waals surface area contributed by atoms with E-state index in [0.29, 0.717) is 23.1 Å². The molecule has 2 aromatic carbocycles. The van der Waals surface area contributed by atoms with Gasteiger partial charge in [0.25, 0.3) is 0 Å². The fourth-order valence-electron chi connectivity index (χ4n) is 2.51. The molecule has 0 aliphatic heterocycles. The van der Waals surface area contributed by atoms with Gasteiger partial charge in [-0.1, -0.05) is 23.7 Å². The Morgan fingerprint density at radius 1 is 1.24 bits per heavy atom. The van der Waals surface area contributed by atoms with E-state index in [2.05, 4.69) is 9.36 Å². The molecule has 3 rings (SSSR count). The largest absolute Gasteiger partial charge is 0.479 e. The predicted octanol–water partition coefficient (Wildman–Crippen LogP) is 5.79.